The lowest BCUT2D eigenvalue weighted by molar-refractivity contribution is -0.141. The molecule has 0 amide bonds. The maximum absolute atomic E-state index is 12.6. The zero-order valence-electron chi connectivity index (χ0n) is 10.7. The fraction of sp³-hybridized carbons (Fsp3) is 0.308. The van der Waals surface area contributed by atoms with E-state index in [1.165, 1.54) is 11.8 Å². The number of halogens is 3. The number of hydrogen-bond donors (Lipinski definition) is 0. The van der Waals surface area contributed by atoms with Gasteiger partial charge in [-0.1, -0.05) is 6.07 Å². The quantitative estimate of drug-likeness (QED) is 0.835. The van der Waals surface area contributed by atoms with Gasteiger partial charge in [-0.2, -0.15) is 18.3 Å². The van der Waals surface area contributed by atoms with Crippen LogP contribution in [0.3, 0.4) is 0 Å². The molecule has 0 N–H and O–H groups in total. The molecular formula is C13H13F3N2O. The summed E-state index contributed by atoms with van der Waals surface area (Å²) < 4.78 is 44.3. The summed E-state index contributed by atoms with van der Waals surface area (Å²) >= 11 is 0. The largest absolute Gasteiger partial charge is 0.494 e. The Balaban J connectivity index is 2.56. The van der Waals surface area contributed by atoms with Gasteiger partial charge in [0.1, 0.15) is 11.4 Å². The van der Waals surface area contributed by atoms with Crippen LogP contribution in [-0.4, -0.2) is 16.9 Å². The molecule has 0 spiro atoms. The molecule has 0 bridgehead atoms. The second-order valence-electron chi connectivity index (χ2n) is 4.26. The molecule has 1 aromatic carbocycles. The number of benzene rings is 1. The van der Waals surface area contributed by atoms with Gasteiger partial charge in [0.25, 0.3) is 0 Å². The summed E-state index contributed by atoms with van der Waals surface area (Å²) in [6.45, 7) is 3.45. The fourth-order valence-corrected chi connectivity index (χ4v) is 1.82. The van der Waals surface area contributed by atoms with Gasteiger partial charge in [0.15, 0.2) is 5.69 Å². The van der Waals surface area contributed by atoms with Gasteiger partial charge in [-0.05, 0) is 37.6 Å². The SMILES string of the molecule is COc1cc(C)ccc1-n1nc(C(F)(F)F)cc1C. The van der Waals surface area contributed by atoms with Crippen molar-refractivity contribution < 1.29 is 17.9 Å². The van der Waals surface area contributed by atoms with Crippen molar-refractivity contribution >= 4 is 0 Å². The molecule has 0 radical (unpaired) electrons. The second kappa shape index (κ2) is 4.60. The van der Waals surface area contributed by atoms with E-state index in [1.807, 2.05) is 6.92 Å². The molecule has 2 aromatic rings. The van der Waals surface area contributed by atoms with Gasteiger partial charge in [0.2, 0.25) is 0 Å². The maximum atomic E-state index is 12.6. The summed E-state index contributed by atoms with van der Waals surface area (Å²) in [6.07, 6.45) is -4.45. The molecule has 1 aromatic heterocycles. The van der Waals surface area contributed by atoms with E-state index in [1.54, 1.807) is 25.1 Å². The van der Waals surface area contributed by atoms with Crippen molar-refractivity contribution in [3.8, 4) is 11.4 Å². The van der Waals surface area contributed by atoms with Gasteiger partial charge in [-0.3, -0.25) is 0 Å². The standard InChI is InChI=1S/C13H13F3N2O/c1-8-4-5-10(11(6-8)19-3)18-9(2)7-12(17-18)13(14,15)16/h4-7H,1-3H3. The van der Waals surface area contributed by atoms with Crippen molar-refractivity contribution in [1.29, 1.82) is 0 Å². The topological polar surface area (TPSA) is 27.1 Å². The number of alkyl halides is 3. The van der Waals surface area contributed by atoms with Crippen molar-refractivity contribution in [1.82, 2.24) is 9.78 Å². The zero-order chi connectivity index (χ0) is 14.2. The average Bonchev–Trinajstić information content (AvgIpc) is 2.71. The van der Waals surface area contributed by atoms with Gasteiger partial charge < -0.3 is 4.74 Å². The minimum Gasteiger partial charge on any atom is -0.494 e. The summed E-state index contributed by atoms with van der Waals surface area (Å²) in [5.41, 5.74) is 0.935. The smallest absolute Gasteiger partial charge is 0.435 e. The van der Waals surface area contributed by atoms with Crippen molar-refractivity contribution in [2.45, 2.75) is 20.0 Å². The molecule has 1 heterocycles. The monoisotopic (exact) mass is 270 g/mol. The highest BCUT2D eigenvalue weighted by Gasteiger charge is 2.34. The molecule has 0 fully saturated rings. The number of aryl methyl sites for hydroxylation is 2. The molecule has 3 nitrogen and oxygen atoms in total. The van der Waals surface area contributed by atoms with Crippen LogP contribution < -0.4 is 4.74 Å². The average molecular weight is 270 g/mol. The lowest BCUT2D eigenvalue weighted by atomic mass is 10.2. The first-order valence-corrected chi connectivity index (χ1v) is 5.62. The molecule has 102 valence electrons. The molecule has 6 heteroatoms. The van der Waals surface area contributed by atoms with Crippen molar-refractivity contribution in [3.05, 3.63) is 41.2 Å². The Morgan fingerprint density at radius 2 is 1.84 bits per heavy atom. The number of hydrogen-bond acceptors (Lipinski definition) is 2. The second-order valence-corrected chi connectivity index (χ2v) is 4.26. The summed E-state index contributed by atoms with van der Waals surface area (Å²) in [7, 11) is 1.47. The summed E-state index contributed by atoms with van der Waals surface area (Å²) in [5.74, 6) is 0.486. The van der Waals surface area contributed by atoms with Crippen LogP contribution in [-0.2, 0) is 6.18 Å². The van der Waals surface area contributed by atoms with E-state index in [9.17, 15) is 13.2 Å². The highest BCUT2D eigenvalue weighted by atomic mass is 19.4. The van der Waals surface area contributed by atoms with Crippen LogP contribution in [0.2, 0.25) is 0 Å². The number of methoxy groups -OCH3 is 1. The molecule has 0 unspecified atom stereocenters. The maximum Gasteiger partial charge on any atom is 0.435 e. The van der Waals surface area contributed by atoms with Gasteiger partial charge >= 0.3 is 6.18 Å². The molecule has 0 saturated heterocycles. The Morgan fingerprint density at radius 1 is 1.16 bits per heavy atom. The molecule has 0 aliphatic heterocycles. The molecule has 0 atom stereocenters. The lowest BCUT2D eigenvalue weighted by Gasteiger charge is -2.11. The fourth-order valence-electron chi connectivity index (χ4n) is 1.82. The molecule has 2 rings (SSSR count). The third-order valence-electron chi connectivity index (χ3n) is 2.74. The third kappa shape index (κ3) is 2.57. The molecule has 0 aliphatic rings. The first-order chi connectivity index (χ1) is 8.82. The van der Waals surface area contributed by atoms with Crippen LogP contribution in [0.5, 0.6) is 5.75 Å². The molecule has 0 aliphatic carbocycles. The van der Waals surface area contributed by atoms with Crippen molar-refractivity contribution in [2.75, 3.05) is 7.11 Å². The number of rotatable bonds is 2. The highest BCUT2D eigenvalue weighted by Crippen LogP contribution is 2.31. The van der Waals surface area contributed by atoms with E-state index in [-0.39, 0.29) is 0 Å². The van der Waals surface area contributed by atoms with E-state index < -0.39 is 11.9 Å². The first kappa shape index (κ1) is 13.5. The molecule has 19 heavy (non-hydrogen) atoms. The van der Waals surface area contributed by atoms with E-state index >= 15 is 0 Å². The lowest BCUT2D eigenvalue weighted by Crippen LogP contribution is -2.08. The van der Waals surface area contributed by atoms with Crippen molar-refractivity contribution in [3.63, 3.8) is 0 Å². The van der Waals surface area contributed by atoms with Crippen molar-refractivity contribution in [2.24, 2.45) is 0 Å². The summed E-state index contributed by atoms with van der Waals surface area (Å²) in [6, 6.07) is 6.25. The number of ether oxygens (including phenoxy) is 1. The Hall–Kier alpha value is -1.98. The third-order valence-corrected chi connectivity index (χ3v) is 2.74. The molecule has 0 saturated carbocycles. The Bertz CT molecular complexity index is 602. The summed E-state index contributed by atoms with van der Waals surface area (Å²) in [5, 5.41) is 3.60. The van der Waals surface area contributed by atoms with Crippen LogP contribution in [0, 0.1) is 13.8 Å². The van der Waals surface area contributed by atoms with Crippen LogP contribution in [0.25, 0.3) is 5.69 Å². The number of aromatic nitrogens is 2. The van der Waals surface area contributed by atoms with Gasteiger partial charge in [-0.25, -0.2) is 4.68 Å². The normalized spacial score (nSPS) is 11.7. The highest BCUT2D eigenvalue weighted by molar-refractivity contribution is 5.49. The van der Waals surface area contributed by atoms with E-state index in [4.69, 9.17) is 4.74 Å². The summed E-state index contributed by atoms with van der Waals surface area (Å²) in [4.78, 5) is 0. The van der Waals surface area contributed by atoms with Gasteiger partial charge in [0, 0.05) is 5.69 Å². The van der Waals surface area contributed by atoms with Gasteiger partial charge in [0.05, 0.1) is 7.11 Å². The van der Waals surface area contributed by atoms with Crippen LogP contribution in [0.1, 0.15) is 17.0 Å². The van der Waals surface area contributed by atoms with E-state index in [0.717, 1.165) is 11.6 Å². The first-order valence-electron chi connectivity index (χ1n) is 5.62. The number of nitrogens with zero attached hydrogens (tertiary/aromatic N) is 2. The Morgan fingerprint density at radius 3 is 2.37 bits per heavy atom. The predicted octanol–water partition coefficient (Wildman–Crippen LogP) is 3.52. The Kier molecular flexibility index (Phi) is 3.26. The molecular weight excluding hydrogens is 257 g/mol. The van der Waals surface area contributed by atoms with Crippen LogP contribution >= 0.6 is 0 Å². The van der Waals surface area contributed by atoms with Gasteiger partial charge in [-0.15, -0.1) is 0 Å². The van der Waals surface area contributed by atoms with E-state index in [2.05, 4.69) is 5.10 Å². The van der Waals surface area contributed by atoms with Crippen LogP contribution in [0.15, 0.2) is 24.3 Å². The Labute approximate surface area is 108 Å². The van der Waals surface area contributed by atoms with E-state index in [0.29, 0.717) is 17.1 Å². The minimum absolute atomic E-state index is 0.398. The zero-order valence-corrected chi connectivity index (χ0v) is 10.7. The van der Waals surface area contributed by atoms with Crippen LogP contribution in [0.4, 0.5) is 13.2 Å². The predicted molar refractivity (Wildman–Crippen MR) is 64.6 cm³/mol. The minimum atomic E-state index is -4.45.